The third-order valence-corrected chi connectivity index (χ3v) is 4.23. The van der Waals surface area contributed by atoms with Crippen LogP contribution in [0.25, 0.3) is 0 Å². The van der Waals surface area contributed by atoms with Crippen LogP contribution in [0.5, 0.6) is 0 Å². The molecule has 0 spiro atoms. The maximum atomic E-state index is 12.8. The molecule has 23 heavy (non-hydrogen) atoms. The maximum Gasteiger partial charge on any atom is 0.449 e. The number of nitrogens with one attached hydrogen (secondary N) is 1. The zero-order valence-corrected chi connectivity index (χ0v) is 12.4. The van der Waals surface area contributed by atoms with Gasteiger partial charge in [-0.2, -0.15) is 13.2 Å². The third kappa shape index (κ3) is 3.32. The highest BCUT2D eigenvalue weighted by atomic mass is 19.4. The summed E-state index contributed by atoms with van der Waals surface area (Å²) in [4.78, 5) is 28.6. The summed E-state index contributed by atoms with van der Waals surface area (Å²) < 4.78 is 39.5. The zero-order valence-electron chi connectivity index (χ0n) is 12.4. The topological polar surface area (TPSA) is 67.2 Å². The van der Waals surface area contributed by atoms with Gasteiger partial charge in [0.25, 0.3) is 0 Å². The minimum atomic E-state index is -4.49. The molecule has 0 radical (unpaired) electrons. The Balaban J connectivity index is 1.64. The number of amides is 2. The van der Waals surface area contributed by atoms with Crippen molar-refractivity contribution in [3.05, 3.63) is 17.7 Å². The lowest BCUT2D eigenvalue weighted by atomic mass is 10.0. The number of nitrogens with zero attached hydrogens (tertiary/aromatic N) is 3. The fraction of sp³-hybridized carbons (Fsp3) is 0.643. The van der Waals surface area contributed by atoms with Crippen LogP contribution in [-0.4, -0.2) is 38.9 Å². The van der Waals surface area contributed by atoms with Gasteiger partial charge in [0.05, 0.1) is 18.4 Å². The largest absolute Gasteiger partial charge is 0.449 e. The van der Waals surface area contributed by atoms with Crippen LogP contribution >= 0.6 is 0 Å². The van der Waals surface area contributed by atoms with Gasteiger partial charge in [-0.3, -0.25) is 9.59 Å². The average Bonchev–Trinajstić information content (AvgIpc) is 2.90. The quantitative estimate of drug-likeness (QED) is 0.889. The van der Waals surface area contributed by atoms with E-state index in [-0.39, 0.29) is 43.9 Å². The normalized spacial score (nSPS) is 21.8. The predicted octanol–water partition coefficient (Wildman–Crippen LogP) is 1.30. The molecule has 126 valence electrons. The number of halogens is 3. The number of hydrogen-bond acceptors (Lipinski definition) is 3. The van der Waals surface area contributed by atoms with E-state index in [1.807, 2.05) is 0 Å². The van der Waals surface area contributed by atoms with Gasteiger partial charge in [-0.25, -0.2) is 4.98 Å². The molecule has 9 heteroatoms. The van der Waals surface area contributed by atoms with Crippen molar-refractivity contribution in [2.45, 2.75) is 51.0 Å². The van der Waals surface area contributed by atoms with E-state index >= 15 is 0 Å². The third-order valence-electron chi connectivity index (χ3n) is 4.23. The summed E-state index contributed by atoms with van der Waals surface area (Å²) >= 11 is 0. The Morgan fingerprint density at radius 2 is 2.17 bits per heavy atom. The fourth-order valence-electron chi connectivity index (χ4n) is 3.10. The number of carbonyl (C=O) groups is 2. The molecule has 1 saturated heterocycles. The lowest BCUT2D eigenvalue weighted by molar-refractivity contribution is -0.148. The van der Waals surface area contributed by atoms with Gasteiger partial charge < -0.3 is 14.8 Å². The molecule has 2 aliphatic heterocycles. The molecular formula is C14H17F3N4O2. The lowest BCUT2D eigenvalue weighted by Gasteiger charge is -2.31. The molecule has 1 N–H and O–H groups in total. The summed E-state index contributed by atoms with van der Waals surface area (Å²) in [5.41, 5.74) is 0.379. The van der Waals surface area contributed by atoms with Crippen molar-refractivity contribution in [3.63, 3.8) is 0 Å². The van der Waals surface area contributed by atoms with Gasteiger partial charge in [0, 0.05) is 32.0 Å². The molecule has 1 unspecified atom stereocenters. The van der Waals surface area contributed by atoms with Crippen molar-refractivity contribution in [2.24, 2.45) is 0 Å². The number of rotatable bonds is 2. The molecule has 1 atom stereocenters. The van der Waals surface area contributed by atoms with Crippen LogP contribution in [0.3, 0.4) is 0 Å². The van der Waals surface area contributed by atoms with Crippen LogP contribution in [0.15, 0.2) is 6.20 Å². The maximum absolute atomic E-state index is 12.8. The highest BCUT2D eigenvalue weighted by Crippen LogP contribution is 2.30. The molecule has 3 rings (SSSR count). The number of carbonyl (C=O) groups excluding carboxylic acids is 2. The zero-order chi connectivity index (χ0) is 16.6. The van der Waals surface area contributed by atoms with Crippen LogP contribution in [0.4, 0.5) is 13.2 Å². The van der Waals surface area contributed by atoms with E-state index in [1.165, 1.54) is 11.1 Å². The minimum absolute atomic E-state index is 0.0550. The van der Waals surface area contributed by atoms with Gasteiger partial charge in [0.2, 0.25) is 17.6 Å². The number of fused-ring (bicyclic) bond motifs is 1. The molecule has 1 aromatic heterocycles. The Labute approximate surface area is 130 Å². The standard InChI is InChI=1S/C14H17F3N4O2/c15-14(16,17)13-18-7-10-8-20(4-5-21(10)13)12(23)6-9-2-1-3-11(22)19-9/h7,9H,1-6,8H2,(H,19,22). The van der Waals surface area contributed by atoms with Crippen LogP contribution in [-0.2, 0) is 28.9 Å². The molecule has 0 aliphatic carbocycles. The Hall–Kier alpha value is -2.06. The van der Waals surface area contributed by atoms with Crippen molar-refractivity contribution in [3.8, 4) is 0 Å². The van der Waals surface area contributed by atoms with E-state index < -0.39 is 12.0 Å². The second-order valence-corrected chi connectivity index (χ2v) is 5.90. The van der Waals surface area contributed by atoms with Crippen molar-refractivity contribution in [2.75, 3.05) is 6.54 Å². The molecule has 1 aromatic rings. The summed E-state index contributed by atoms with van der Waals surface area (Å²) in [6.45, 7) is 0.404. The van der Waals surface area contributed by atoms with E-state index in [0.29, 0.717) is 12.1 Å². The van der Waals surface area contributed by atoms with E-state index in [1.54, 1.807) is 0 Å². The SMILES string of the molecule is O=C1CCCC(CC(=O)N2CCn3c(cnc3C(F)(F)F)C2)N1. The van der Waals surface area contributed by atoms with E-state index in [9.17, 15) is 22.8 Å². The first-order valence-electron chi connectivity index (χ1n) is 7.53. The van der Waals surface area contributed by atoms with Crippen LogP contribution in [0.2, 0.25) is 0 Å². The minimum Gasteiger partial charge on any atom is -0.353 e. The van der Waals surface area contributed by atoms with Gasteiger partial charge in [0.15, 0.2) is 0 Å². The Bertz CT molecular complexity index is 626. The van der Waals surface area contributed by atoms with Crippen LogP contribution in [0, 0.1) is 0 Å². The van der Waals surface area contributed by atoms with E-state index in [2.05, 4.69) is 10.3 Å². The molecule has 3 heterocycles. The van der Waals surface area contributed by atoms with Crippen LogP contribution < -0.4 is 5.32 Å². The first-order valence-corrected chi connectivity index (χ1v) is 7.53. The lowest BCUT2D eigenvalue weighted by Crippen LogP contribution is -2.45. The molecule has 0 saturated carbocycles. The summed E-state index contributed by atoms with van der Waals surface area (Å²) in [6.07, 6.45) is -1.14. The monoisotopic (exact) mass is 330 g/mol. The molecule has 1 fully saturated rings. The van der Waals surface area contributed by atoms with E-state index in [4.69, 9.17) is 0 Å². The first kappa shape index (κ1) is 15.8. The summed E-state index contributed by atoms with van der Waals surface area (Å²) in [5, 5.41) is 2.78. The van der Waals surface area contributed by atoms with Crippen molar-refractivity contribution in [1.82, 2.24) is 19.8 Å². The highest BCUT2D eigenvalue weighted by Gasteiger charge is 2.38. The molecule has 2 amide bonds. The van der Waals surface area contributed by atoms with E-state index in [0.717, 1.165) is 17.4 Å². The fourth-order valence-corrected chi connectivity index (χ4v) is 3.10. The summed E-state index contributed by atoms with van der Waals surface area (Å²) in [5.74, 6) is -1.13. The molecular weight excluding hydrogens is 313 g/mol. The van der Waals surface area contributed by atoms with Crippen LogP contribution in [0.1, 0.15) is 37.2 Å². The Morgan fingerprint density at radius 3 is 2.87 bits per heavy atom. The second-order valence-electron chi connectivity index (χ2n) is 5.90. The van der Waals surface area contributed by atoms with Gasteiger partial charge in [-0.05, 0) is 12.8 Å². The van der Waals surface area contributed by atoms with Gasteiger partial charge >= 0.3 is 6.18 Å². The Morgan fingerprint density at radius 1 is 1.39 bits per heavy atom. The highest BCUT2D eigenvalue weighted by molar-refractivity contribution is 5.80. The van der Waals surface area contributed by atoms with Gasteiger partial charge in [0.1, 0.15) is 0 Å². The Kier molecular flexibility index (Phi) is 4.03. The van der Waals surface area contributed by atoms with Gasteiger partial charge in [-0.15, -0.1) is 0 Å². The molecule has 0 aromatic carbocycles. The van der Waals surface area contributed by atoms with Crippen molar-refractivity contribution >= 4 is 11.8 Å². The summed E-state index contributed by atoms with van der Waals surface area (Å²) in [7, 11) is 0. The molecule has 2 aliphatic rings. The van der Waals surface area contributed by atoms with Crippen molar-refractivity contribution < 1.29 is 22.8 Å². The van der Waals surface area contributed by atoms with Crippen molar-refractivity contribution in [1.29, 1.82) is 0 Å². The second kappa shape index (κ2) is 5.86. The van der Waals surface area contributed by atoms with Gasteiger partial charge in [-0.1, -0.05) is 0 Å². The molecule has 0 bridgehead atoms. The number of aromatic nitrogens is 2. The first-order chi connectivity index (χ1) is 10.8. The number of piperidine rings is 1. The number of imidazole rings is 1. The number of alkyl halides is 3. The number of hydrogen-bond donors (Lipinski definition) is 1. The summed E-state index contributed by atoms with van der Waals surface area (Å²) in [6, 6.07) is -0.179. The predicted molar refractivity (Wildman–Crippen MR) is 73.0 cm³/mol. The average molecular weight is 330 g/mol. The smallest absolute Gasteiger partial charge is 0.353 e. The molecule has 6 nitrogen and oxygen atoms in total.